The van der Waals surface area contributed by atoms with Crippen LogP contribution in [0.25, 0.3) is 0 Å². The van der Waals surface area contributed by atoms with Gasteiger partial charge < -0.3 is 25.0 Å². The molecule has 1 aromatic rings. The molecule has 0 fully saturated rings. The first kappa shape index (κ1) is 26.9. The fourth-order valence-corrected chi connectivity index (χ4v) is 2.25. The molecule has 0 saturated heterocycles. The molecular formula is C21H39IN4O2. The number of hydrogen-bond acceptors (Lipinski definition) is 4. The molecule has 0 atom stereocenters. The van der Waals surface area contributed by atoms with Crippen molar-refractivity contribution in [2.24, 2.45) is 10.9 Å². The Labute approximate surface area is 188 Å². The third-order valence-corrected chi connectivity index (χ3v) is 3.85. The molecule has 0 aliphatic rings. The average molecular weight is 506 g/mol. The Morgan fingerprint density at radius 3 is 2.61 bits per heavy atom. The van der Waals surface area contributed by atoms with E-state index < -0.39 is 0 Å². The van der Waals surface area contributed by atoms with Gasteiger partial charge in [-0.05, 0) is 51.1 Å². The van der Waals surface area contributed by atoms with Gasteiger partial charge in [-0.2, -0.15) is 0 Å². The van der Waals surface area contributed by atoms with Crippen LogP contribution < -0.4 is 15.4 Å². The quantitative estimate of drug-likeness (QED) is 0.186. The van der Waals surface area contributed by atoms with Crippen molar-refractivity contribution in [1.29, 1.82) is 0 Å². The number of benzene rings is 1. The van der Waals surface area contributed by atoms with Gasteiger partial charge in [-0.3, -0.25) is 0 Å². The molecule has 7 heteroatoms. The van der Waals surface area contributed by atoms with E-state index in [1.54, 1.807) is 0 Å². The van der Waals surface area contributed by atoms with Crippen LogP contribution in [0.5, 0.6) is 5.75 Å². The largest absolute Gasteiger partial charge is 0.492 e. The highest BCUT2D eigenvalue weighted by Crippen LogP contribution is 2.14. The number of nitrogens with one attached hydrogen (secondary N) is 2. The standard InChI is InChI=1S/C21H38N4O2.HI/c1-6-22-21(23-11-14-26-13-10-18(2)3)24-17-19-8-7-9-20(16-19)27-15-12-25(4)5;/h7-9,16,18H,6,10-15,17H2,1-5H3,(H2,22,23,24);1H. The van der Waals surface area contributed by atoms with Crippen molar-refractivity contribution >= 4 is 29.9 Å². The Balaban J connectivity index is 0.00000729. The highest BCUT2D eigenvalue weighted by molar-refractivity contribution is 14.0. The molecule has 0 saturated carbocycles. The van der Waals surface area contributed by atoms with Gasteiger partial charge in [-0.25, -0.2) is 4.99 Å². The lowest BCUT2D eigenvalue weighted by atomic mass is 10.1. The molecule has 6 nitrogen and oxygen atoms in total. The molecule has 2 N–H and O–H groups in total. The summed E-state index contributed by atoms with van der Waals surface area (Å²) < 4.78 is 11.4. The summed E-state index contributed by atoms with van der Waals surface area (Å²) in [7, 11) is 4.08. The van der Waals surface area contributed by atoms with Crippen molar-refractivity contribution in [1.82, 2.24) is 15.5 Å². The number of aliphatic imine (C=N–C) groups is 1. The van der Waals surface area contributed by atoms with E-state index in [-0.39, 0.29) is 24.0 Å². The van der Waals surface area contributed by atoms with Crippen LogP contribution in [0.15, 0.2) is 29.3 Å². The molecule has 0 unspecified atom stereocenters. The van der Waals surface area contributed by atoms with E-state index in [1.165, 1.54) is 0 Å². The predicted molar refractivity (Wildman–Crippen MR) is 129 cm³/mol. The Bertz CT molecular complexity index is 539. The first-order valence-electron chi connectivity index (χ1n) is 9.97. The molecule has 0 heterocycles. The van der Waals surface area contributed by atoms with Crippen LogP contribution in [0.3, 0.4) is 0 Å². The summed E-state index contributed by atoms with van der Waals surface area (Å²) in [6.45, 7) is 11.7. The third kappa shape index (κ3) is 14.0. The van der Waals surface area contributed by atoms with E-state index in [2.05, 4.69) is 53.4 Å². The maximum Gasteiger partial charge on any atom is 0.191 e. The Kier molecular flexibility index (Phi) is 16.2. The van der Waals surface area contributed by atoms with Crippen LogP contribution in [0.2, 0.25) is 0 Å². The van der Waals surface area contributed by atoms with Crippen LogP contribution in [0.1, 0.15) is 32.8 Å². The van der Waals surface area contributed by atoms with Gasteiger partial charge in [-0.1, -0.05) is 26.0 Å². The topological polar surface area (TPSA) is 58.1 Å². The Hall–Kier alpha value is -1.06. The fraction of sp³-hybridized carbons (Fsp3) is 0.667. The molecule has 0 spiro atoms. The lowest BCUT2D eigenvalue weighted by Crippen LogP contribution is -2.39. The monoisotopic (exact) mass is 506 g/mol. The second kappa shape index (κ2) is 16.9. The normalized spacial score (nSPS) is 11.5. The maximum atomic E-state index is 5.79. The molecule has 0 radical (unpaired) electrons. The van der Waals surface area contributed by atoms with Crippen LogP contribution >= 0.6 is 24.0 Å². The van der Waals surface area contributed by atoms with Crippen LogP contribution in [-0.4, -0.2) is 64.4 Å². The predicted octanol–water partition coefficient (Wildman–Crippen LogP) is 3.36. The van der Waals surface area contributed by atoms with Crippen molar-refractivity contribution in [2.75, 3.05) is 53.6 Å². The molecule has 0 aromatic heterocycles. The number of guanidine groups is 1. The van der Waals surface area contributed by atoms with Gasteiger partial charge in [0.05, 0.1) is 13.2 Å². The van der Waals surface area contributed by atoms with Crippen LogP contribution in [-0.2, 0) is 11.3 Å². The summed E-state index contributed by atoms with van der Waals surface area (Å²) in [6, 6.07) is 8.12. The molecule has 1 aromatic carbocycles. The zero-order chi connectivity index (χ0) is 19.9. The van der Waals surface area contributed by atoms with Gasteiger partial charge in [0.15, 0.2) is 5.96 Å². The molecule has 1 rings (SSSR count). The van der Waals surface area contributed by atoms with Gasteiger partial charge in [0.2, 0.25) is 0 Å². The smallest absolute Gasteiger partial charge is 0.191 e. The fourth-order valence-electron chi connectivity index (χ4n) is 2.25. The zero-order valence-electron chi connectivity index (χ0n) is 18.2. The molecule has 28 heavy (non-hydrogen) atoms. The van der Waals surface area contributed by atoms with Gasteiger partial charge >= 0.3 is 0 Å². The third-order valence-electron chi connectivity index (χ3n) is 3.85. The van der Waals surface area contributed by atoms with Crippen molar-refractivity contribution in [3.8, 4) is 5.75 Å². The number of halogens is 1. The first-order valence-corrected chi connectivity index (χ1v) is 9.97. The SMILES string of the molecule is CCNC(=NCc1cccc(OCCN(C)C)c1)NCCOCCC(C)C.I. The van der Waals surface area contributed by atoms with Gasteiger partial charge in [-0.15, -0.1) is 24.0 Å². The number of likely N-dealkylation sites (N-methyl/N-ethyl adjacent to an activating group) is 1. The summed E-state index contributed by atoms with van der Waals surface area (Å²) in [5.74, 6) is 2.38. The number of nitrogens with zero attached hydrogens (tertiary/aromatic N) is 2. The summed E-state index contributed by atoms with van der Waals surface area (Å²) in [5, 5.41) is 6.59. The van der Waals surface area contributed by atoms with Gasteiger partial charge in [0.25, 0.3) is 0 Å². The van der Waals surface area contributed by atoms with Crippen molar-refractivity contribution in [2.45, 2.75) is 33.7 Å². The molecule has 0 bridgehead atoms. The minimum atomic E-state index is 0. The summed E-state index contributed by atoms with van der Waals surface area (Å²) >= 11 is 0. The van der Waals surface area contributed by atoms with Crippen LogP contribution in [0.4, 0.5) is 0 Å². The zero-order valence-corrected chi connectivity index (χ0v) is 20.5. The Morgan fingerprint density at radius 1 is 1.14 bits per heavy atom. The number of rotatable bonds is 13. The highest BCUT2D eigenvalue weighted by atomic mass is 127. The highest BCUT2D eigenvalue weighted by Gasteiger charge is 2.01. The number of ether oxygens (including phenoxy) is 2. The molecule has 0 aliphatic carbocycles. The van der Waals surface area contributed by atoms with Crippen LogP contribution in [0, 0.1) is 5.92 Å². The molecule has 0 aliphatic heterocycles. The van der Waals surface area contributed by atoms with Gasteiger partial charge in [0.1, 0.15) is 12.4 Å². The van der Waals surface area contributed by atoms with Crippen molar-refractivity contribution < 1.29 is 9.47 Å². The van der Waals surface area contributed by atoms with Crippen molar-refractivity contribution in [3.05, 3.63) is 29.8 Å². The first-order chi connectivity index (χ1) is 13.0. The molecule has 162 valence electrons. The van der Waals surface area contributed by atoms with E-state index in [1.807, 2.05) is 26.2 Å². The minimum Gasteiger partial charge on any atom is -0.492 e. The average Bonchev–Trinajstić information content (AvgIpc) is 2.62. The Morgan fingerprint density at radius 2 is 1.93 bits per heavy atom. The molecular weight excluding hydrogens is 467 g/mol. The van der Waals surface area contributed by atoms with Crippen molar-refractivity contribution in [3.63, 3.8) is 0 Å². The lowest BCUT2D eigenvalue weighted by molar-refractivity contribution is 0.128. The lowest BCUT2D eigenvalue weighted by Gasteiger charge is -2.13. The van der Waals surface area contributed by atoms with E-state index in [9.17, 15) is 0 Å². The summed E-state index contributed by atoms with van der Waals surface area (Å²) in [4.78, 5) is 6.76. The van der Waals surface area contributed by atoms with E-state index in [4.69, 9.17) is 9.47 Å². The van der Waals surface area contributed by atoms with E-state index in [0.29, 0.717) is 25.7 Å². The summed E-state index contributed by atoms with van der Waals surface area (Å²) in [5.41, 5.74) is 1.13. The molecule has 0 amide bonds. The minimum absolute atomic E-state index is 0. The summed E-state index contributed by atoms with van der Waals surface area (Å²) in [6.07, 6.45) is 1.10. The second-order valence-electron chi connectivity index (χ2n) is 7.22. The maximum absolute atomic E-state index is 5.79. The second-order valence-corrected chi connectivity index (χ2v) is 7.22. The number of hydrogen-bond donors (Lipinski definition) is 2. The van der Waals surface area contributed by atoms with E-state index in [0.717, 1.165) is 49.9 Å². The van der Waals surface area contributed by atoms with E-state index >= 15 is 0 Å². The van der Waals surface area contributed by atoms with Gasteiger partial charge in [0, 0.05) is 26.2 Å².